The first-order valence-corrected chi connectivity index (χ1v) is 4.32. The quantitative estimate of drug-likeness (QED) is 0.578. The zero-order chi connectivity index (χ0) is 7.68. The maximum absolute atomic E-state index is 11.1. The van der Waals surface area contributed by atoms with Gasteiger partial charge >= 0.3 is 6.03 Å². The van der Waals surface area contributed by atoms with Crippen molar-refractivity contribution in [1.29, 1.82) is 0 Å². The van der Waals surface area contributed by atoms with Gasteiger partial charge in [0.1, 0.15) is 0 Å². The van der Waals surface area contributed by atoms with Crippen molar-refractivity contribution in [3.8, 4) is 0 Å². The number of nitrogens with zero attached hydrogens (tertiary/aromatic N) is 2. The second kappa shape index (κ2) is 2.72. The fourth-order valence-electron chi connectivity index (χ4n) is 1.41. The van der Waals surface area contributed by atoms with Gasteiger partial charge in [-0.2, -0.15) is 0 Å². The van der Waals surface area contributed by atoms with E-state index in [9.17, 15) is 4.79 Å². The zero-order valence-electron chi connectivity index (χ0n) is 6.62. The number of amides is 2. The van der Waals surface area contributed by atoms with Crippen LogP contribution in [-0.2, 0) is 0 Å². The van der Waals surface area contributed by atoms with Gasteiger partial charge in [0.25, 0.3) is 0 Å². The molecular weight excluding hydrogens is 140 g/mol. The molecule has 2 aliphatic rings. The van der Waals surface area contributed by atoms with Crippen LogP contribution in [-0.4, -0.2) is 30.6 Å². The van der Waals surface area contributed by atoms with E-state index in [1.165, 1.54) is 12.8 Å². The lowest BCUT2D eigenvalue weighted by Crippen LogP contribution is -2.43. The van der Waals surface area contributed by atoms with Crippen LogP contribution in [0.2, 0.25) is 0 Å². The van der Waals surface area contributed by atoms with Crippen LogP contribution < -0.4 is 5.32 Å². The summed E-state index contributed by atoms with van der Waals surface area (Å²) in [5.74, 6) is 0.798. The molecule has 2 rings (SSSR count). The van der Waals surface area contributed by atoms with E-state index < -0.39 is 0 Å². The molecule has 1 heterocycles. The highest BCUT2D eigenvalue weighted by atomic mass is 16.2. The average molecular weight is 153 g/mol. The largest absolute Gasteiger partial charge is 0.338 e. The summed E-state index contributed by atoms with van der Waals surface area (Å²) < 4.78 is 0. The van der Waals surface area contributed by atoms with Crippen LogP contribution in [0.1, 0.15) is 19.3 Å². The number of rotatable bonds is 2. The summed E-state index contributed by atoms with van der Waals surface area (Å²) in [7, 11) is 0. The van der Waals surface area contributed by atoms with Crippen LogP contribution in [0.4, 0.5) is 4.79 Å². The topological polar surface area (TPSA) is 34.4 Å². The van der Waals surface area contributed by atoms with Crippen molar-refractivity contribution in [3.05, 3.63) is 0 Å². The highest BCUT2D eigenvalue weighted by Gasteiger charge is 2.28. The monoisotopic (exact) mass is 153 g/mol. The summed E-state index contributed by atoms with van der Waals surface area (Å²) in [5, 5.41) is 3.88. The van der Waals surface area contributed by atoms with Gasteiger partial charge in [0.05, 0.1) is 0 Å². The smallest absolute Gasteiger partial charge is 0.323 e. The Morgan fingerprint density at radius 3 is 3.00 bits per heavy atom. The minimum atomic E-state index is 0.0168. The fraction of sp³-hybridized carbons (Fsp3) is 0.875. The van der Waals surface area contributed by atoms with Crippen LogP contribution in [0.15, 0.2) is 0 Å². The molecule has 0 spiro atoms. The Bertz CT molecular complexity index is 165. The molecule has 1 saturated carbocycles. The third-order valence-electron chi connectivity index (χ3n) is 2.28. The number of hydrogen-bond acceptors (Lipinski definition) is 1. The van der Waals surface area contributed by atoms with Gasteiger partial charge in [0.2, 0.25) is 0 Å². The Hall–Kier alpha value is -0.730. The van der Waals surface area contributed by atoms with Crippen LogP contribution in [0, 0.1) is 5.92 Å². The second-order valence-electron chi connectivity index (χ2n) is 3.41. The molecule has 3 nitrogen and oxygen atoms in total. The highest BCUT2D eigenvalue weighted by molar-refractivity contribution is 5.74. The predicted octanol–water partition coefficient (Wildman–Crippen LogP) is 0.827. The van der Waals surface area contributed by atoms with Crippen molar-refractivity contribution >= 4 is 6.03 Å². The molecule has 0 unspecified atom stereocenters. The third kappa shape index (κ3) is 1.64. The zero-order valence-corrected chi connectivity index (χ0v) is 6.62. The maximum atomic E-state index is 11.1. The van der Waals surface area contributed by atoms with Gasteiger partial charge in [-0.3, -0.25) is 0 Å². The van der Waals surface area contributed by atoms with Crippen molar-refractivity contribution in [2.45, 2.75) is 19.3 Å². The van der Waals surface area contributed by atoms with E-state index in [0.717, 1.165) is 32.0 Å². The Labute approximate surface area is 66.8 Å². The molecule has 2 amide bonds. The number of carbonyl (C=O) groups is 1. The first-order chi connectivity index (χ1) is 5.36. The van der Waals surface area contributed by atoms with Crippen LogP contribution in [0.25, 0.3) is 0 Å². The van der Waals surface area contributed by atoms with E-state index in [0.29, 0.717) is 0 Å². The summed E-state index contributed by atoms with van der Waals surface area (Å²) in [6.07, 6.45) is 3.67. The summed E-state index contributed by atoms with van der Waals surface area (Å²) in [4.78, 5) is 13.0. The van der Waals surface area contributed by atoms with Gasteiger partial charge in [-0.15, -0.1) is 0 Å². The molecule has 0 N–H and O–H groups in total. The SMILES string of the molecule is O=C1[N]CCCN1CC1CC1. The van der Waals surface area contributed by atoms with E-state index in [1.807, 2.05) is 4.90 Å². The minimum Gasteiger partial charge on any atom is -0.323 e. The molecule has 0 aromatic carbocycles. The first-order valence-electron chi connectivity index (χ1n) is 4.32. The van der Waals surface area contributed by atoms with E-state index in [2.05, 4.69) is 5.32 Å². The highest BCUT2D eigenvalue weighted by Crippen LogP contribution is 2.30. The molecule has 61 valence electrons. The van der Waals surface area contributed by atoms with Crippen molar-refractivity contribution in [2.24, 2.45) is 5.92 Å². The molecule has 0 aromatic heterocycles. The normalized spacial score (nSPS) is 25.1. The van der Waals surface area contributed by atoms with Gasteiger partial charge in [-0.05, 0) is 25.2 Å². The Morgan fingerprint density at radius 2 is 2.36 bits per heavy atom. The summed E-state index contributed by atoms with van der Waals surface area (Å²) in [5.41, 5.74) is 0. The van der Waals surface area contributed by atoms with E-state index in [1.54, 1.807) is 0 Å². The van der Waals surface area contributed by atoms with Gasteiger partial charge in [-0.1, -0.05) is 0 Å². The molecule has 11 heavy (non-hydrogen) atoms. The molecule has 0 bridgehead atoms. The van der Waals surface area contributed by atoms with E-state index in [4.69, 9.17) is 0 Å². The molecule has 0 aromatic rings. The average Bonchev–Trinajstić information content (AvgIpc) is 2.78. The van der Waals surface area contributed by atoms with Crippen molar-refractivity contribution in [2.75, 3.05) is 19.6 Å². The number of carbonyl (C=O) groups excluding carboxylic acids is 1. The molecule has 1 aliphatic carbocycles. The molecule has 1 aliphatic heterocycles. The van der Waals surface area contributed by atoms with Crippen molar-refractivity contribution in [3.63, 3.8) is 0 Å². The Balaban J connectivity index is 1.83. The van der Waals surface area contributed by atoms with Gasteiger partial charge in [-0.25, -0.2) is 10.1 Å². The summed E-state index contributed by atoms with van der Waals surface area (Å²) in [6, 6.07) is 0.0168. The van der Waals surface area contributed by atoms with E-state index >= 15 is 0 Å². The fourth-order valence-corrected chi connectivity index (χ4v) is 1.41. The predicted molar refractivity (Wildman–Crippen MR) is 41.3 cm³/mol. The lowest BCUT2D eigenvalue weighted by atomic mass is 10.3. The molecule has 2 fully saturated rings. The Morgan fingerprint density at radius 1 is 1.55 bits per heavy atom. The van der Waals surface area contributed by atoms with Gasteiger partial charge in [0, 0.05) is 19.6 Å². The van der Waals surface area contributed by atoms with Gasteiger partial charge < -0.3 is 4.90 Å². The van der Waals surface area contributed by atoms with Crippen molar-refractivity contribution in [1.82, 2.24) is 10.2 Å². The molecule has 3 heteroatoms. The molecule has 1 saturated heterocycles. The van der Waals surface area contributed by atoms with Crippen LogP contribution in [0.3, 0.4) is 0 Å². The van der Waals surface area contributed by atoms with E-state index in [-0.39, 0.29) is 6.03 Å². The third-order valence-corrected chi connectivity index (χ3v) is 2.28. The molecular formula is C8H13N2O. The molecule has 1 radical (unpaired) electrons. The summed E-state index contributed by atoms with van der Waals surface area (Å²) >= 11 is 0. The standard InChI is InChI=1S/C8H13N2O/c11-8-9-4-1-5-10(8)6-7-2-3-7/h7H,1-6H2. The number of urea groups is 1. The second-order valence-corrected chi connectivity index (χ2v) is 3.41. The lowest BCUT2D eigenvalue weighted by molar-refractivity contribution is 0.182. The van der Waals surface area contributed by atoms with Crippen LogP contribution in [0.5, 0.6) is 0 Å². The summed E-state index contributed by atoms with van der Waals surface area (Å²) in [6.45, 7) is 2.63. The lowest BCUT2D eigenvalue weighted by Gasteiger charge is -2.25. The van der Waals surface area contributed by atoms with Crippen molar-refractivity contribution < 1.29 is 4.79 Å². The first kappa shape index (κ1) is 6.95. The maximum Gasteiger partial charge on any atom is 0.338 e. The minimum absolute atomic E-state index is 0.0168. The molecule has 0 atom stereocenters. The van der Waals surface area contributed by atoms with Crippen LogP contribution >= 0.6 is 0 Å². The Kier molecular flexibility index (Phi) is 1.72. The number of hydrogen-bond donors (Lipinski definition) is 0. The van der Waals surface area contributed by atoms with Gasteiger partial charge in [0.15, 0.2) is 0 Å².